The van der Waals surface area contributed by atoms with Crippen molar-refractivity contribution in [3.63, 3.8) is 0 Å². The second kappa shape index (κ2) is 10.6. The van der Waals surface area contributed by atoms with Crippen LogP contribution in [0.15, 0.2) is 53.7 Å². The molecule has 0 fully saturated rings. The first-order valence-electron chi connectivity index (χ1n) is 9.72. The molecule has 9 heteroatoms. The minimum Gasteiger partial charge on any atom is -0.497 e. The van der Waals surface area contributed by atoms with Gasteiger partial charge in [-0.05, 0) is 62.4 Å². The molecule has 3 aromatic rings. The second-order valence-corrected chi connectivity index (χ2v) is 7.52. The third-order valence-electron chi connectivity index (χ3n) is 4.44. The Bertz CT molecular complexity index is 1030. The van der Waals surface area contributed by atoms with Crippen molar-refractivity contribution in [2.75, 3.05) is 18.2 Å². The number of nitrogens with zero attached hydrogens (tertiary/aromatic N) is 3. The van der Waals surface area contributed by atoms with Gasteiger partial charge in [-0.3, -0.25) is 9.59 Å². The van der Waals surface area contributed by atoms with Crippen LogP contribution >= 0.6 is 11.8 Å². The van der Waals surface area contributed by atoms with E-state index < -0.39 is 0 Å². The summed E-state index contributed by atoms with van der Waals surface area (Å²) in [6, 6.07) is 14.1. The van der Waals surface area contributed by atoms with Gasteiger partial charge in [-0.25, -0.2) is 0 Å². The highest BCUT2D eigenvalue weighted by Gasteiger charge is 2.14. The fourth-order valence-electron chi connectivity index (χ4n) is 2.79. The average Bonchev–Trinajstić information content (AvgIpc) is 3.18. The van der Waals surface area contributed by atoms with Crippen molar-refractivity contribution in [2.24, 2.45) is 0 Å². The second-order valence-electron chi connectivity index (χ2n) is 6.58. The van der Waals surface area contributed by atoms with E-state index in [1.165, 1.54) is 18.7 Å². The van der Waals surface area contributed by atoms with Crippen LogP contribution in [0.4, 0.5) is 5.69 Å². The predicted octanol–water partition coefficient (Wildman–Crippen LogP) is 3.82. The highest BCUT2D eigenvalue weighted by atomic mass is 32.2. The van der Waals surface area contributed by atoms with Crippen molar-refractivity contribution in [3.8, 4) is 11.5 Å². The van der Waals surface area contributed by atoms with Crippen molar-refractivity contribution in [1.29, 1.82) is 0 Å². The summed E-state index contributed by atoms with van der Waals surface area (Å²) in [4.78, 5) is 23.6. The highest BCUT2D eigenvalue weighted by molar-refractivity contribution is 7.99. The van der Waals surface area contributed by atoms with Crippen molar-refractivity contribution < 1.29 is 19.1 Å². The average molecular weight is 441 g/mol. The predicted molar refractivity (Wildman–Crippen MR) is 119 cm³/mol. The molecule has 0 spiro atoms. The maximum atomic E-state index is 12.3. The zero-order chi connectivity index (χ0) is 22.2. The lowest BCUT2D eigenvalue weighted by Gasteiger charge is -2.09. The first kappa shape index (κ1) is 22.4. The molecule has 0 bridgehead atoms. The molecule has 1 amide bonds. The number of ether oxygens (including phenoxy) is 2. The normalized spacial score (nSPS) is 10.5. The van der Waals surface area contributed by atoms with Gasteiger partial charge in [0.1, 0.15) is 18.1 Å². The minimum absolute atomic E-state index is 0.0147. The van der Waals surface area contributed by atoms with E-state index in [0.717, 1.165) is 5.75 Å². The molecule has 3 rings (SSSR count). The number of rotatable bonds is 10. The van der Waals surface area contributed by atoms with Crippen molar-refractivity contribution in [1.82, 2.24) is 14.8 Å². The Morgan fingerprint density at radius 1 is 1.03 bits per heavy atom. The molecule has 0 atom stereocenters. The lowest BCUT2D eigenvalue weighted by atomic mass is 10.1. The van der Waals surface area contributed by atoms with Crippen LogP contribution in [-0.2, 0) is 17.9 Å². The van der Waals surface area contributed by atoms with E-state index in [1.54, 1.807) is 31.4 Å². The molecular formula is C22H24N4O4S. The summed E-state index contributed by atoms with van der Waals surface area (Å²) in [5.74, 6) is 2.15. The summed E-state index contributed by atoms with van der Waals surface area (Å²) in [7, 11) is 1.61. The van der Waals surface area contributed by atoms with Gasteiger partial charge in [-0.2, -0.15) is 0 Å². The lowest BCUT2D eigenvalue weighted by Crippen LogP contribution is -2.15. The standard InChI is InChI=1S/C22H24N4O4S/c1-4-26-20(13-30-19-11-9-18(29-3)10-12-19)24-25-22(26)31-14-21(28)23-17-7-5-16(6-8-17)15(2)27/h5-12H,4,13-14H2,1-3H3,(H,23,28). The Labute approximate surface area is 185 Å². The monoisotopic (exact) mass is 440 g/mol. The quantitative estimate of drug-likeness (QED) is 0.378. The van der Waals surface area contributed by atoms with Gasteiger partial charge in [0, 0.05) is 17.8 Å². The van der Waals surface area contributed by atoms with Gasteiger partial charge in [-0.1, -0.05) is 11.8 Å². The topological polar surface area (TPSA) is 95.3 Å². The molecule has 0 aliphatic rings. The van der Waals surface area contributed by atoms with Crippen LogP contribution < -0.4 is 14.8 Å². The van der Waals surface area contributed by atoms with E-state index in [0.29, 0.717) is 34.5 Å². The number of thioether (sulfide) groups is 1. The number of carbonyl (C=O) groups excluding carboxylic acids is 2. The zero-order valence-corrected chi connectivity index (χ0v) is 18.4. The molecule has 8 nitrogen and oxygen atoms in total. The molecular weight excluding hydrogens is 416 g/mol. The van der Waals surface area contributed by atoms with E-state index in [9.17, 15) is 9.59 Å². The SMILES string of the molecule is CCn1c(COc2ccc(OC)cc2)nnc1SCC(=O)Nc1ccc(C(C)=O)cc1. The fourth-order valence-corrected chi connectivity index (χ4v) is 3.61. The minimum atomic E-state index is -0.165. The molecule has 0 saturated heterocycles. The number of anilines is 1. The van der Waals surface area contributed by atoms with Gasteiger partial charge in [0.05, 0.1) is 12.9 Å². The Balaban J connectivity index is 1.54. The number of hydrogen-bond donors (Lipinski definition) is 1. The molecule has 0 aliphatic carbocycles. The fraction of sp³-hybridized carbons (Fsp3) is 0.273. The molecule has 2 aromatic carbocycles. The Kier molecular flexibility index (Phi) is 7.66. The van der Waals surface area contributed by atoms with Crippen LogP contribution in [-0.4, -0.2) is 39.3 Å². The number of nitrogens with one attached hydrogen (secondary N) is 1. The number of benzene rings is 2. The number of amides is 1. The third kappa shape index (κ3) is 6.08. The molecule has 0 saturated carbocycles. The maximum absolute atomic E-state index is 12.3. The van der Waals surface area contributed by atoms with E-state index in [1.807, 2.05) is 35.8 Å². The number of Topliss-reactive ketones (excluding diaryl/α,β-unsaturated/α-hetero) is 1. The van der Waals surface area contributed by atoms with E-state index in [-0.39, 0.29) is 24.1 Å². The highest BCUT2D eigenvalue weighted by Crippen LogP contribution is 2.21. The first-order valence-corrected chi connectivity index (χ1v) is 10.7. The summed E-state index contributed by atoms with van der Waals surface area (Å²) >= 11 is 1.31. The van der Waals surface area contributed by atoms with Gasteiger partial charge < -0.3 is 19.4 Å². The van der Waals surface area contributed by atoms with Crippen molar-refractivity contribution in [2.45, 2.75) is 32.2 Å². The number of hydrogen-bond acceptors (Lipinski definition) is 7. The van der Waals surface area contributed by atoms with Gasteiger partial charge in [0.15, 0.2) is 16.8 Å². The number of carbonyl (C=O) groups is 2. The van der Waals surface area contributed by atoms with Crippen LogP contribution in [0.1, 0.15) is 30.0 Å². The van der Waals surface area contributed by atoms with E-state index in [4.69, 9.17) is 9.47 Å². The van der Waals surface area contributed by atoms with E-state index in [2.05, 4.69) is 15.5 Å². The number of aromatic nitrogens is 3. The smallest absolute Gasteiger partial charge is 0.234 e. The Morgan fingerprint density at radius 3 is 2.32 bits per heavy atom. The van der Waals surface area contributed by atoms with Crippen molar-refractivity contribution in [3.05, 3.63) is 59.9 Å². The molecule has 1 N–H and O–H groups in total. The summed E-state index contributed by atoms with van der Waals surface area (Å²) in [6.45, 7) is 4.42. The molecule has 31 heavy (non-hydrogen) atoms. The van der Waals surface area contributed by atoms with Crippen LogP contribution in [0, 0.1) is 0 Å². The molecule has 1 heterocycles. The molecule has 0 radical (unpaired) electrons. The Hall–Kier alpha value is -3.33. The van der Waals surface area contributed by atoms with Crippen LogP contribution in [0.5, 0.6) is 11.5 Å². The van der Waals surface area contributed by atoms with Crippen LogP contribution in [0.25, 0.3) is 0 Å². The van der Waals surface area contributed by atoms with Gasteiger partial charge in [0.25, 0.3) is 0 Å². The third-order valence-corrected chi connectivity index (χ3v) is 5.41. The molecule has 0 aliphatic heterocycles. The largest absolute Gasteiger partial charge is 0.497 e. The lowest BCUT2D eigenvalue weighted by molar-refractivity contribution is -0.113. The van der Waals surface area contributed by atoms with Crippen LogP contribution in [0.3, 0.4) is 0 Å². The summed E-state index contributed by atoms with van der Waals surface area (Å²) in [5, 5.41) is 11.9. The zero-order valence-electron chi connectivity index (χ0n) is 17.6. The van der Waals surface area contributed by atoms with Gasteiger partial charge in [0.2, 0.25) is 5.91 Å². The Morgan fingerprint density at radius 2 is 1.71 bits per heavy atom. The number of ketones is 1. The first-order chi connectivity index (χ1) is 15.0. The maximum Gasteiger partial charge on any atom is 0.234 e. The summed E-state index contributed by atoms with van der Waals surface area (Å²) in [6.07, 6.45) is 0. The van der Waals surface area contributed by atoms with Crippen molar-refractivity contribution >= 4 is 29.1 Å². The molecule has 162 valence electrons. The van der Waals surface area contributed by atoms with E-state index >= 15 is 0 Å². The summed E-state index contributed by atoms with van der Waals surface area (Å²) in [5.41, 5.74) is 1.24. The van der Waals surface area contributed by atoms with Crippen LogP contribution in [0.2, 0.25) is 0 Å². The molecule has 1 aromatic heterocycles. The van der Waals surface area contributed by atoms with Gasteiger partial charge in [-0.15, -0.1) is 10.2 Å². The number of methoxy groups -OCH3 is 1. The summed E-state index contributed by atoms with van der Waals surface area (Å²) < 4.78 is 12.8. The van der Waals surface area contributed by atoms with Gasteiger partial charge >= 0.3 is 0 Å². The molecule has 0 unspecified atom stereocenters.